The SMILES string of the molecule is CCC(C)SP(=S)(Cl)Cl. The third-order valence-corrected chi connectivity index (χ3v) is 5.84. The van der Waals surface area contributed by atoms with Gasteiger partial charge < -0.3 is 0 Å². The lowest BCUT2D eigenvalue weighted by atomic mass is 10.4. The fourth-order valence-corrected chi connectivity index (χ4v) is 6.33. The van der Waals surface area contributed by atoms with Gasteiger partial charge in [-0.25, -0.2) is 0 Å². The molecule has 0 rings (SSSR count). The van der Waals surface area contributed by atoms with Crippen molar-refractivity contribution in [1.29, 1.82) is 0 Å². The highest BCUT2D eigenvalue weighted by molar-refractivity contribution is 8.85. The smallest absolute Gasteiger partial charge is 0.0917 e. The van der Waals surface area contributed by atoms with Crippen molar-refractivity contribution in [3.05, 3.63) is 0 Å². The summed E-state index contributed by atoms with van der Waals surface area (Å²) in [5.41, 5.74) is 0. The Labute approximate surface area is 75.0 Å². The first kappa shape index (κ1) is 10.6. The van der Waals surface area contributed by atoms with Gasteiger partial charge in [0.25, 0.3) is 0 Å². The Kier molecular flexibility index (Phi) is 5.24. The Hall–Kier alpha value is 1.58. The summed E-state index contributed by atoms with van der Waals surface area (Å²) in [5.74, 6) is 0. The Morgan fingerprint density at radius 1 is 1.67 bits per heavy atom. The number of rotatable bonds is 3. The van der Waals surface area contributed by atoms with Crippen LogP contribution in [0.15, 0.2) is 0 Å². The highest BCUT2D eigenvalue weighted by atomic mass is 35.9. The van der Waals surface area contributed by atoms with Crippen molar-refractivity contribution in [3.63, 3.8) is 0 Å². The van der Waals surface area contributed by atoms with Gasteiger partial charge in [0.2, 0.25) is 0 Å². The normalized spacial score (nSPS) is 15.6. The van der Waals surface area contributed by atoms with E-state index in [9.17, 15) is 0 Å². The monoisotopic (exact) mass is 222 g/mol. The molecular weight excluding hydrogens is 214 g/mol. The van der Waals surface area contributed by atoms with Gasteiger partial charge in [0.1, 0.15) is 0 Å². The minimum absolute atomic E-state index is 0.492. The van der Waals surface area contributed by atoms with Crippen LogP contribution in [0, 0.1) is 0 Å². The number of halogens is 2. The summed E-state index contributed by atoms with van der Waals surface area (Å²) >= 11 is 17.7. The van der Waals surface area contributed by atoms with Gasteiger partial charge in [-0.1, -0.05) is 59.5 Å². The maximum absolute atomic E-state index is 5.66. The van der Waals surface area contributed by atoms with E-state index in [1.54, 1.807) is 0 Å². The van der Waals surface area contributed by atoms with E-state index in [1.807, 2.05) is 0 Å². The molecule has 0 fully saturated rings. The molecule has 0 aromatic rings. The molecule has 0 saturated heterocycles. The van der Waals surface area contributed by atoms with Gasteiger partial charge in [0.15, 0.2) is 3.95 Å². The van der Waals surface area contributed by atoms with E-state index in [0.29, 0.717) is 5.25 Å². The average molecular weight is 223 g/mol. The van der Waals surface area contributed by atoms with Crippen LogP contribution in [-0.2, 0) is 11.8 Å². The number of hydrogen-bond donors (Lipinski definition) is 0. The van der Waals surface area contributed by atoms with Crippen LogP contribution in [0.5, 0.6) is 0 Å². The third-order valence-electron chi connectivity index (χ3n) is 0.878. The Balaban J connectivity index is 3.60. The Morgan fingerprint density at radius 2 is 2.11 bits per heavy atom. The molecule has 0 bridgehead atoms. The fourth-order valence-electron chi connectivity index (χ4n) is 0.284. The topological polar surface area (TPSA) is 0 Å². The van der Waals surface area contributed by atoms with Crippen LogP contribution in [0.2, 0.25) is 0 Å². The fraction of sp³-hybridized carbons (Fsp3) is 1.00. The number of hydrogen-bond acceptors (Lipinski definition) is 2. The van der Waals surface area contributed by atoms with Crippen LogP contribution in [0.4, 0.5) is 0 Å². The molecule has 0 saturated carbocycles. The average Bonchev–Trinajstić information content (AvgIpc) is 1.62. The first-order valence-corrected chi connectivity index (χ1v) is 8.73. The lowest BCUT2D eigenvalue weighted by molar-refractivity contribution is 0.912. The molecule has 9 heavy (non-hydrogen) atoms. The van der Waals surface area contributed by atoms with Gasteiger partial charge in [-0.15, -0.1) is 0 Å². The standard InChI is InChI=1S/C4H9Cl2PS2/c1-3-4(2)9-7(5,6)8/h4H,3H2,1-2H3. The third kappa shape index (κ3) is 7.48. The van der Waals surface area contributed by atoms with Crippen molar-refractivity contribution in [2.75, 3.05) is 0 Å². The molecule has 0 spiro atoms. The largest absolute Gasteiger partial charge is 0.171 e. The predicted octanol–water partition coefficient (Wildman–Crippen LogP) is 4.22. The van der Waals surface area contributed by atoms with Gasteiger partial charge in [-0.3, -0.25) is 0 Å². The minimum Gasteiger partial charge on any atom is -0.0917 e. The molecule has 0 aliphatic rings. The molecule has 5 heteroatoms. The van der Waals surface area contributed by atoms with Crippen molar-refractivity contribution in [3.8, 4) is 0 Å². The summed E-state index contributed by atoms with van der Waals surface area (Å²) in [7, 11) is 0. The second kappa shape index (κ2) is 4.46. The molecule has 1 unspecified atom stereocenters. The van der Waals surface area contributed by atoms with E-state index < -0.39 is 3.95 Å². The van der Waals surface area contributed by atoms with Gasteiger partial charge in [-0.2, -0.15) is 0 Å². The van der Waals surface area contributed by atoms with E-state index in [-0.39, 0.29) is 0 Å². The van der Waals surface area contributed by atoms with Crippen LogP contribution < -0.4 is 0 Å². The van der Waals surface area contributed by atoms with E-state index in [2.05, 4.69) is 13.8 Å². The quantitative estimate of drug-likeness (QED) is 0.657. The van der Waals surface area contributed by atoms with Crippen molar-refractivity contribution in [2.24, 2.45) is 0 Å². The molecule has 0 heterocycles. The van der Waals surface area contributed by atoms with Crippen molar-refractivity contribution in [1.82, 2.24) is 0 Å². The highest BCUT2D eigenvalue weighted by Crippen LogP contribution is 2.69. The molecule has 0 aromatic carbocycles. The molecular formula is C4H9Cl2PS2. The summed E-state index contributed by atoms with van der Waals surface area (Å²) < 4.78 is -2.04. The molecule has 56 valence electrons. The van der Waals surface area contributed by atoms with Crippen molar-refractivity contribution >= 4 is 49.6 Å². The second-order valence-corrected chi connectivity index (χ2v) is 14.2. The maximum atomic E-state index is 5.66. The molecule has 0 nitrogen and oxygen atoms in total. The molecule has 0 N–H and O–H groups in total. The summed E-state index contributed by atoms with van der Waals surface area (Å²) in [4.78, 5) is 0. The van der Waals surface area contributed by atoms with Gasteiger partial charge in [0, 0.05) is 5.25 Å². The molecule has 0 aromatic heterocycles. The molecule has 0 aliphatic carbocycles. The van der Waals surface area contributed by atoms with E-state index in [4.69, 9.17) is 34.3 Å². The van der Waals surface area contributed by atoms with Crippen LogP contribution >= 0.6 is 37.8 Å². The zero-order valence-corrected chi connectivity index (χ0v) is 9.34. The highest BCUT2D eigenvalue weighted by Gasteiger charge is 2.12. The molecule has 1 atom stereocenters. The second-order valence-electron chi connectivity index (χ2n) is 1.74. The minimum atomic E-state index is -2.04. The Bertz CT molecular complexity index is 122. The first-order chi connectivity index (χ1) is 3.95. The zero-order chi connectivity index (χ0) is 7.49. The van der Waals surface area contributed by atoms with Crippen LogP contribution in [0.1, 0.15) is 20.3 Å². The van der Waals surface area contributed by atoms with E-state index in [1.165, 1.54) is 11.4 Å². The van der Waals surface area contributed by atoms with E-state index >= 15 is 0 Å². The molecule has 0 amide bonds. The first-order valence-electron chi connectivity index (χ1n) is 2.63. The lowest BCUT2D eigenvalue weighted by Crippen LogP contribution is -1.87. The zero-order valence-electron chi connectivity index (χ0n) is 5.30. The van der Waals surface area contributed by atoms with Crippen molar-refractivity contribution < 1.29 is 0 Å². The van der Waals surface area contributed by atoms with Crippen LogP contribution in [0.3, 0.4) is 0 Å². The molecule has 0 radical (unpaired) electrons. The molecule has 0 aliphatic heterocycles. The van der Waals surface area contributed by atoms with Gasteiger partial charge in [-0.05, 0) is 6.42 Å². The van der Waals surface area contributed by atoms with Crippen molar-refractivity contribution in [2.45, 2.75) is 25.5 Å². The lowest BCUT2D eigenvalue weighted by Gasteiger charge is -2.09. The summed E-state index contributed by atoms with van der Waals surface area (Å²) in [6, 6.07) is 0. The summed E-state index contributed by atoms with van der Waals surface area (Å²) in [6.45, 7) is 4.17. The van der Waals surface area contributed by atoms with Crippen LogP contribution in [-0.4, -0.2) is 5.25 Å². The maximum Gasteiger partial charge on any atom is 0.171 e. The van der Waals surface area contributed by atoms with Gasteiger partial charge >= 0.3 is 0 Å². The summed E-state index contributed by atoms with van der Waals surface area (Å²) in [5, 5.41) is 0.492. The van der Waals surface area contributed by atoms with Gasteiger partial charge in [0.05, 0.1) is 0 Å². The summed E-state index contributed by atoms with van der Waals surface area (Å²) in [6.07, 6.45) is 1.07. The van der Waals surface area contributed by atoms with E-state index in [0.717, 1.165) is 6.42 Å². The van der Waals surface area contributed by atoms with Crippen LogP contribution in [0.25, 0.3) is 0 Å². The predicted molar refractivity (Wildman–Crippen MR) is 53.3 cm³/mol. The Morgan fingerprint density at radius 3 is 2.22 bits per heavy atom.